The van der Waals surface area contributed by atoms with Crippen LogP contribution in [0.3, 0.4) is 0 Å². The second kappa shape index (κ2) is 9.28. The third kappa shape index (κ3) is 4.32. The number of hydrogen-bond acceptors (Lipinski definition) is 3. The van der Waals surface area contributed by atoms with Gasteiger partial charge in [0.1, 0.15) is 0 Å². The highest BCUT2D eigenvalue weighted by atomic mass is 16.3. The maximum Gasteiger partial charge on any atom is 0.0812 e. The smallest absolute Gasteiger partial charge is 0.0812 e. The first kappa shape index (κ1) is 21.8. The topological polar surface area (TPSA) is 60.7 Å². The lowest BCUT2D eigenvalue weighted by molar-refractivity contribution is 0.0961. The molecular weight excluding hydrogens is 348 g/mol. The van der Waals surface area contributed by atoms with Gasteiger partial charge in [0, 0.05) is 6.61 Å². The van der Waals surface area contributed by atoms with Gasteiger partial charge in [-0.15, -0.1) is 0 Å². The molecule has 3 nitrogen and oxygen atoms in total. The van der Waals surface area contributed by atoms with Gasteiger partial charge >= 0.3 is 0 Å². The summed E-state index contributed by atoms with van der Waals surface area (Å²) in [4.78, 5) is 0. The van der Waals surface area contributed by atoms with Crippen LogP contribution in [0, 0.1) is 23.2 Å². The standard InChI is InChI=1S/C25H40O3/c1-4-17(2)21-11-12-22-19(7-5-13-25(21,22)3)10-9-18-15-23(27)20(8-6-14-26)24(28)16-18/h8-10,17,21-24,26-28H,4-7,11-16H2,1-3H3/b18-9?,19-10+,20-8?/t17-,21+,22-,23+,24+,25+/m0/s1. The van der Waals surface area contributed by atoms with Crippen molar-refractivity contribution in [2.45, 2.75) is 90.8 Å². The minimum absolute atomic E-state index is 0.0511. The number of allylic oxidation sites excluding steroid dienone is 3. The summed E-state index contributed by atoms with van der Waals surface area (Å²) >= 11 is 0. The van der Waals surface area contributed by atoms with E-state index in [4.69, 9.17) is 5.11 Å². The van der Waals surface area contributed by atoms with E-state index in [1.807, 2.05) is 0 Å². The minimum atomic E-state index is -0.627. The normalized spacial score (nSPS) is 38.4. The largest absolute Gasteiger partial charge is 0.396 e. The summed E-state index contributed by atoms with van der Waals surface area (Å²) in [7, 11) is 0. The summed E-state index contributed by atoms with van der Waals surface area (Å²) in [5, 5.41) is 29.8. The Balaban J connectivity index is 1.74. The summed E-state index contributed by atoms with van der Waals surface area (Å²) in [6, 6.07) is 0. The fraction of sp³-hybridized carbons (Fsp3) is 0.760. The molecular formula is C25H40O3. The van der Waals surface area contributed by atoms with Crippen LogP contribution in [0.4, 0.5) is 0 Å². The lowest BCUT2D eigenvalue weighted by Gasteiger charge is -2.44. The van der Waals surface area contributed by atoms with Crippen LogP contribution in [0.1, 0.15) is 78.6 Å². The van der Waals surface area contributed by atoms with Crippen molar-refractivity contribution in [3.05, 3.63) is 34.9 Å². The van der Waals surface area contributed by atoms with E-state index in [1.165, 1.54) is 38.5 Å². The molecule has 0 aromatic carbocycles. The highest BCUT2D eigenvalue weighted by Gasteiger charge is 2.50. The van der Waals surface area contributed by atoms with Crippen molar-refractivity contribution in [2.75, 3.05) is 6.61 Å². The molecule has 3 aliphatic carbocycles. The summed E-state index contributed by atoms with van der Waals surface area (Å²) in [5.74, 6) is 2.35. The molecule has 0 bridgehead atoms. The van der Waals surface area contributed by atoms with E-state index < -0.39 is 12.2 Å². The lowest BCUT2D eigenvalue weighted by Crippen LogP contribution is -2.35. The van der Waals surface area contributed by atoms with Gasteiger partial charge in [-0.2, -0.15) is 0 Å². The van der Waals surface area contributed by atoms with Gasteiger partial charge in [0.15, 0.2) is 0 Å². The quantitative estimate of drug-likeness (QED) is 0.586. The third-order valence-electron chi connectivity index (χ3n) is 8.09. The van der Waals surface area contributed by atoms with Crippen molar-refractivity contribution < 1.29 is 15.3 Å². The molecule has 0 saturated heterocycles. The van der Waals surface area contributed by atoms with Crippen LogP contribution in [-0.2, 0) is 0 Å². The van der Waals surface area contributed by atoms with E-state index >= 15 is 0 Å². The van der Waals surface area contributed by atoms with Crippen molar-refractivity contribution in [2.24, 2.45) is 23.2 Å². The molecule has 3 heteroatoms. The van der Waals surface area contributed by atoms with Gasteiger partial charge < -0.3 is 15.3 Å². The molecule has 0 aromatic heterocycles. The van der Waals surface area contributed by atoms with E-state index in [-0.39, 0.29) is 6.61 Å². The van der Waals surface area contributed by atoms with E-state index in [9.17, 15) is 10.2 Å². The average molecular weight is 389 g/mol. The van der Waals surface area contributed by atoms with E-state index in [1.54, 1.807) is 11.6 Å². The molecule has 3 aliphatic rings. The van der Waals surface area contributed by atoms with Gasteiger partial charge in [-0.1, -0.05) is 56.6 Å². The Hall–Kier alpha value is -0.900. The SMILES string of the molecule is CC[C@H](C)[C@H]1CC[C@H]2/C(=C/C=C3C[C@@H](O)C(=CCCO)[C@H](O)C3)CCC[C@]12C. The first-order valence-corrected chi connectivity index (χ1v) is 11.5. The molecule has 0 amide bonds. The molecule has 3 fully saturated rings. The Morgan fingerprint density at radius 3 is 2.50 bits per heavy atom. The van der Waals surface area contributed by atoms with Crippen LogP contribution < -0.4 is 0 Å². The molecule has 0 radical (unpaired) electrons. The Bertz CT molecular complexity index is 616. The molecule has 0 aromatic rings. The van der Waals surface area contributed by atoms with E-state index in [0.717, 1.165) is 17.4 Å². The third-order valence-corrected chi connectivity index (χ3v) is 8.09. The maximum absolute atomic E-state index is 10.4. The van der Waals surface area contributed by atoms with Gasteiger partial charge in [-0.25, -0.2) is 0 Å². The van der Waals surface area contributed by atoms with Crippen LogP contribution in [0.25, 0.3) is 0 Å². The molecule has 6 atom stereocenters. The Morgan fingerprint density at radius 1 is 1.14 bits per heavy atom. The molecule has 28 heavy (non-hydrogen) atoms. The second-order valence-corrected chi connectivity index (χ2v) is 9.70. The first-order valence-electron chi connectivity index (χ1n) is 11.5. The molecule has 158 valence electrons. The van der Waals surface area contributed by atoms with Crippen LogP contribution in [0.2, 0.25) is 0 Å². The predicted molar refractivity (Wildman–Crippen MR) is 115 cm³/mol. The Labute approximate surface area is 171 Å². The summed E-state index contributed by atoms with van der Waals surface area (Å²) in [6.45, 7) is 7.35. The predicted octanol–water partition coefficient (Wildman–Crippen LogP) is 4.93. The summed E-state index contributed by atoms with van der Waals surface area (Å²) in [6.07, 6.45) is 14.5. The van der Waals surface area contributed by atoms with Crippen LogP contribution in [0.15, 0.2) is 34.9 Å². The number of fused-ring (bicyclic) bond motifs is 1. The van der Waals surface area contributed by atoms with Crippen molar-refractivity contribution >= 4 is 0 Å². The van der Waals surface area contributed by atoms with Crippen molar-refractivity contribution in [1.29, 1.82) is 0 Å². The first-order chi connectivity index (χ1) is 13.4. The fourth-order valence-electron chi connectivity index (χ4n) is 6.40. The van der Waals surface area contributed by atoms with Crippen LogP contribution >= 0.6 is 0 Å². The van der Waals surface area contributed by atoms with Crippen LogP contribution in [-0.4, -0.2) is 34.1 Å². The number of aliphatic hydroxyl groups is 3. The van der Waals surface area contributed by atoms with Crippen molar-refractivity contribution in [3.8, 4) is 0 Å². The maximum atomic E-state index is 10.4. The van der Waals surface area contributed by atoms with Crippen LogP contribution in [0.5, 0.6) is 0 Å². The number of rotatable bonds is 5. The fourth-order valence-corrected chi connectivity index (χ4v) is 6.40. The number of aliphatic hydroxyl groups excluding tert-OH is 3. The molecule has 3 rings (SSSR count). The van der Waals surface area contributed by atoms with Gasteiger partial charge in [0.25, 0.3) is 0 Å². The zero-order valence-corrected chi connectivity index (χ0v) is 18.0. The van der Waals surface area contributed by atoms with E-state index in [0.29, 0.717) is 36.2 Å². The molecule has 0 aliphatic heterocycles. The zero-order valence-electron chi connectivity index (χ0n) is 18.0. The van der Waals surface area contributed by atoms with Gasteiger partial charge in [0.2, 0.25) is 0 Å². The summed E-state index contributed by atoms with van der Waals surface area (Å²) in [5.41, 5.74) is 3.86. The Kier molecular flexibility index (Phi) is 7.22. The lowest BCUT2D eigenvalue weighted by atomic mass is 9.61. The van der Waals surface area contributed by atoms with Crippen molar-refractivity contribution in [1.82, 2.24) is 0 Å². The molecule has 0 unspecified atom stereocenters. The second-order valence-electron chi connectivity index (χ2n) is 9.70. The summed E-state index contributed by atoms with van der Waals surface area (Å²) < 4.78 is 0. The molecule has 0 heterocycles. The highest BCUT2D eigenvalue weighted by molar-refractivity contribution is 5.30. The average Bonchev–Trinajstić information content (AvgIpc) is 3.02. The number of hydrogen-bond donors (Lipinski definition) is 3. The van der Waals surface area contributed by atoms with E-state index in [2.05, 4.69) is 32.9 Å². The van der Waals surface area contributed by atoms with Crippen molar-refractivity contribution in [3.63, 3.8) is 0 Å². The molecule has 3 N–H and O–H groups in total. The minimum Gasteiger partial charge on any atom is -0.396 e. The molecule has 0 spiro atoms. The van der Waals surface area contributed by atoms with Gasteiger partial charge in [0.05, 0.1) is 12.2 Å². The Morgan fingerprint density at radius 2 is 1.86 bits per heavy atom. The van der Waals surface area contributed by atoms with Gasteiger partial charge in [-0.3, -0.25) is 0 Å². The molecule has 3 saturated carbocycles. The van der Waals surface area contributed by atoms with Gasteiger partial charge in [-0.05, 0) is 80.1 Å². The monoisotopic (exact) mass is 388 g/mol. The zero-order chi connectivity index (χ0) is 20.3. The highest BCUT2D eigenvalue weighted by Crippen LogP contribution is 2.59.